The Morgan fingerprint density at radius 2 is 1.62 bits per heavy atom. The number of primary amides is 1. The van der Waals surface area contributed by atoms with Crippen molar-refractivity contribution in [2.45, 2.75) is 0 Å². The van der Waals surface area contributed by atoms with E-state index in [-0.39, 0.29) is 10.6 Å². The number of rotatable bonds is 3. The van der Waals surface area contributed by atoms with Crippen LogP contribution in [0, 0.1) is 20.2 Å². The molecule has 2 N–H and O–H groups in total. The van der Waals surface area contributed by atoms with E-state index in [0.29, 0.717) is 6.07 Å². The van der Waals surface area contributed by atoms with Crippen LogP contribution in [0.25, 0.3) is 0 Å². The van der Waals surface area contributed by atoms with Crippen LogP contribution in [-0.4, -0.2) is 15.8 Å². The zero-order valence-corrected chi connectivity index (χ0v) is 8.30. The highest BCUT2D eigenvalue weighted by atomic mass is 35.5. The lowest BCUT2D eigenvalue weighted by molar-refractivity contribution is -0.422. The Morgan fingerprint density at radius 1 is 1.19 bits per heavy atom. The fraction of sp³-hybridized carbons (Fsp3) is 0. The van der Waals surface area contributed by atoms with Crippen LogP contribution in [0.3, 0.4) is 0 Å². The van der Waals surface area contributed by atoms with Gasteiger partial charge in [0.15, 0.2) is 0 Å². The normalized spacial score (nSPS) is 9.81. The molecular formula is C7H4ClN3O5. The molecule has 1 aromatic rings. The van der Waals surface area contributed by atoms with Crippen molar-refractivity contribution in [2.24, 2.45) is 5.73 Å². The smallest absolute Gasteiger partial charge is 0.347 e. The molecule has 1 amide bonds. The molecule has 0 fully saturated rings. The molecule has 0 aliphatic heterocycles. The Kier molecular flexibility index (Phi) is 3.04. The number of hydrogen-bond donors (Lipinski definition) is 1. The summed E-state index contributed by atoms with van der Waals surface area (Å²) in [5, 5.41) is 20.7. The lowest BCUT2D eigenvalue weighted by atomic mass is 10.1. The second-order valence-corrected chi connectivity index (χ2v) is 3.11. The van der Waals surface area contributed by atoms with Gasteiger partial charge >= 0.3 is 11.4 Å². The molecule has 0 saturated carbocycles. The van der Waals surface area contributed by atoms with Gasteiger partial charge in [-0.3, -0.25) is 25.0 Å². The first-order valence-electron chi connectivity index (χ1n) is 3.76. The van der Waals surface area contributed by atoms with Crippen LogP contribution < -0.4 is 5.73 Å². The molecule has 1 rings (SSSR count). The molecule has 8 nitrogen and oxygen atoms in total. The van der Waals surface area contributed by atoms with Crippen molar-refractivity contribution in [1.82, 2.24) is 0 Å². The SMILES string of the molecule is NC(=O)c1cc([N+](=O)[O-])c([N+](=O)[O-])cc1Cl. The maximum absolute atomic E-state index is 10.8. The molecule has 0 heterocycles. The van der Waals surface area contributed by atoms with E-state index in [2.05, 4.69) is 0 Å². The molecule has 0 atom stereocenters. The minimum atomic E-state index is -0.997. The molecule has 0 aliphatic carbocycles. The Bertz CT molecular complexity index is 501. The number of carbonyl (C=O) groups excluding carboxylic acids is 1. The van der Waals surface area contributed by atoms with Gasteiger partial charge in [-0.2, -0.15) is 0 Å². The van der Waals surface area contributed by atoms with Crippen LogP contribution in [0.1, 0.15) is 10.4 Å². The largest absolute Gasteiger partial charge is 0.366 e. The number of nitrogens with zero attached hydrogens (tertiary/aromatic N) is 2. The second-order valence-electron chi connectivity index (χ2n) is 2.70. The van der Waals surface area contributed by atoms with Crippen LogP contribution in [0.15, 0.2) is 12.1 Å². The van der Waals surface area contributed by atoms with Crippen molar-refractivity contribution in [3.63, 3.8) is 0 Å². The summed E-state index contributed by atoms with van der Waals surface area (Å²) in [7, 11) is 0. The monoisotopic (exact) mass is 245 g/mol. The first-order valence-corrected chi connectivity index (χ1v) is 4.14. The van der Waals surface area contributed by atoms with Crippen LogP contribution in [-0.2, 0) is 0 Å². The van der Waals surface area contributed by atoms with Gasteiger partial charge in [0.25, 0.3) is 0 Å². The number of nitro benzene ring substituents is 2. The number of hydrogen-bond acceptors (Lipinski definition) is 5. The van der Waals surface area contributed by atoms with Crippen LogP contribution in [0.4, 0.5) is 11.4 Å². The molecule has 0 bridgehead atoms. The van der Waals surface area contributed by atoms with Gasteiger partial charge in [0.2, 0.25) is 5.91 Å². The average molecular weight is 246 g/mol. The molecule has 0 spiro atoms. The predicted octanol–water partition coefficient (Wildman–Crippen LogP) is 1.26. The molecule has 0 saturated heterocycles. The lowest BCUT2D eigenvalue weighted by Gasteiger charge is -2.00. The van der Waals surface area contributed by atoms with Gasteiger partial charge in [-0.1, -0.05) is 11.6 Å². The van der Waals surface area contributed by atoms with Crippen molar-refractivity contribution in [1.29, 1.82) is 0 Å². The van der Waals surface area contributed by atoms with E-state index in [1.54, 1.807) is 0 Å². The Balaban J connectivity index is 3.55. The van der Waals surface area contributed by atoms with Crippen LogP contribution in [0.2, 0.25) is 5.02 Å². The van der Waals surface area contributed by atoms with Crippen molar-refractivity contribution < 1.29 is 14.6 Å². The second kappa shape index (κ2) is 4.11. The maximum Gasteiger partial charge on any atom is 0.347 e. The molecule has 0 unspecified atom stereocenters. The zero-order chi connectivity index (χ0) is 12.5. The standard InChI is InChI=1S/C7H4ClN3O5/c8-4-2-6(11(15)16)5(10(13)14)1-3(4)7(9)12/h1-2H,(H2,9,12). The van der Waals surface area contributed by atoms with Crippen molar-refractivity contribution in [3.05, 3.63) is 42.9 Å². The first kappa shape index (κ1) is 11.9. The summed E-state index contributed by atoms with van der Waals surface area (Å²) in [6, 6.07) is 1.41. The van der Waals surface area contributed by atoms with Crippen LogP contribution in [0.5, 0.6) is 0 Å². The summed E-state index contributed by atoms with van der Waals surface area (Å²) in [4.78, 5) is 29.9. The average Bonchev–Trinajstić information content (AvgIpc) is 2.15. The third-order valence-corrected chi connectivity index (χ3v) is 2.04. The van der Waals surface area contributed by atoms with E-state index in [1.807, 2.05) is 0 Å². The summed E-state index contributed by atoms with van der Waals surface area (Å²) in [5.41, 5.74) is 2.94. The predicted molar refractivity (Wildman–Crippen MR) is 53.3 cm³/mol. The number of amides is 1. The molecule has 0 aromatic heterocycles. The highest BCUT2D eigenvalue weighted by Crippen LogP contribution is 2.32. The molecule has 1 aromatic carbocycles. The van der Waals surface area contributed by atoms with Crippen molar-refractivity contribution >= 4 is 28.9 Å². The van der Waals surface area contributed by atoms with E-state index in [4.69, 9.17) is 17.3 Å². The quantitative estimate of drug-likeness (QED) is 0.633. The topological polar surface area (TPSA) is 129 Å². The number of nitrogens with two attached hydrogens (primary N) is 1. The fourth-order valence-electron chi connectivity index (χ4n) is 1.03. The molecule has 0 radical (unpaired) electrons. The summed E-state index contributed by atoms with van der Waals surface area (Å²) in [6.45, 7) is 0. The summed E-state index contributed by atoms with van der Waals surface area (Å²) in [5.74, 6) is -0.997. The lowest BCUT2D eigenvalue weighted by Crippen LogP contribution is -2.12. The van der Waals surface area contributed by atoms with Crippen molar-refractivity contribution in [2.75, 3.05) is 0 Å². The van der Waals surface area contributed by atoms with E-state index >= 15 is 0 Å². The van der Waals surface area contributed by atoms with E-state index < -0.39 is 27.1 Å². The molecule has 16 heavy (non-hydrogen) atoms. The zero-order valence-electron chi connectivity index (χ0n) is 7.55. The van der Waals surface area contributed by atoms with Gasteiger partial charge in [-0.05, 0) is 0 Å². The van der Waals surface area contributed by atoms with Gasteiger partial charge in [-0.25, -0.2) is 0 Å². The van der Waals surface area contributed by atoms with E-state index in [9.17, 15) is 25.0 Å². The molecular weight excluding hydrogens is 242 g/mol. The summed E-state index contributed by atoms with van der Waals surface area (Å²) >= 11 is 5.52. The number of carbonyl (C=O) groups is 1. The number of nitro groups is 2. The van der Waals surface area contributed by atoms with E-state index in [0.717, 1.165) is 6.07 Å². The fourth-order valence-corrected chi connectivity index (χ4v) is 1.28. The van der Waals surface area contributed by atoms with Gasteiger partial charge in [-0.15, -0.1) is 0 Å². The summed E-state index contributed by atoms with van der Waals surface area (Å²) < 4.78 is 0. The Labute approximate surface area is 92.9 Å². The number of benzene rings is 1. The Hall–Kier alpha value is -2.22. The van der Waals surface area contributed by atoms with Crippen molar-refractivity contribution in [3.8, 4) is 0 Å². The first-order chi connectivity index (χ1) is 7.34. The van der Waals surface area contributed by atoms with Gasteiger partial charge in [0.05, 0.1) is 20.4 Å². The minimum absolute atomic E-state index is 0.301. The maximum atomic E-state index is 10.8. The van der Waals surface area contributed by atoms with E-state index in [1.165, 1.54) is 0 Å². The molecule has 9 heteroatoms. The Morgan fingerprint density at radius 3 is 2.00 bits per heavy atom. The third kappa shape index (κ3) is 2.06. The van der Waals surface area contributed by atoms with Gasteiger partial charge < -0.3 is 5.73 Å². The third-order valence-electron chi connectivity index (χ3n) is 1.72. The summed E-state index contributed by atoms with van der Waals surface area (Å²) in [6.07, 6.45) is 0. The highest BCUT2D eigenvalue weighted by Gasteiger charge is 2.27. The molecule has 84 valence electrons. The minimum Gasteiger partial charge on any atom is -0.366 e. The molecule has 0 aliphatic rings. The number of halogens is 1. The highest BCUT2D eigenvalue weighted by molar-refractivity contribution is 6.34. The van der Waals surface area contributed by atoms with Gasteiger partial charge in [0.1, 0.15) is 0 Å². The van der Waals surface area contributed by atoms with Crippen LogP contribution >= 0.6 is 11.6 Å². The van der Waals surface area contributed by atoms with Gasteiger partial charge in [0, 0.05) is 12.1 Å².